The molecule has 2 aromatic heterocycles. The van der Waals surface area contributed by atoms with Crippen LogP contribution in [0.5, 0.6) is 5.75 Å². The van der Waals surface area contributed by atoms with Gasteiger partial charge in [-0.1, -0.05) is 12.1 Å². The number of H-pyrrole nitrogens is 1. The van der Waals surface area contributed by atoms with Crippen molar-refractivity contribution in [3.8, 4) is 17.1 Å². The Hall–Kier alpha value is -3.62. The Morgan fingerprint density at radius 2 is 1.85 bits per heavy atom. The first-order valence-corrected chi connectivity index (χ1v) is 7.84. The molecule has 0 aliphatic heterocycles. The molecule has 2 aromatic carbocycles. The minimum absolute atomic E-state index is 0.0153. The van der Waals surface area contributed by atoms with Gasteiger partial charge in [-0.3, -0.25) is 5.10 Å². The number of aromatic nitrogens is 4. The predicted octanol–water partition coefficient (Wildman–Crippen LogP) is 4.49. The van der Waals surface area contributed by atoms with Crippen molar-refractivity contribution in [3.63, 3.8) is 0 Å². The molecular weight excluding hydrogens is 359 g/mol. The van der Waals surface area contributed by atoms with Crippen LogP contribution in [0.2, 0.25) is 0 Å². The quantitative estimate of drug-likeness (QED) is 0.494. The van der Waals surface area contributed by atoms with Crippen LogP contribution in [0.4, 0.5) is 24.7 Å². The Kier molecular flexibility index (Phi) is 3.91. The van der Waals surface area contributed by atoms with Gasteiger partial charge in [0.1, 0.15) is 11.6 Å². The van der Waals surface area contributed by atoms with Crippen LogP contribution >= 0.6 is 0 Å². The van der Waals surface area contributed by atoms with E-state index in [1.807, 2.05) is 0 Å². The molecule has 0 spiro atoms. The molecule has 27 heavy (non-hydrogen) atoms. The standard InChI is InChI=1S/C18H12F3N5O/c19-18(20,21)15-8-16(23-12-4-5-14-11(6-12)9-22-26-14)25-17(24-15)10-2-1-3-13(27)7-10/h1-9,27H,(H,22,26)(H,23,24,25). The van der Waals surface area contributed by atoms with E-state index < -0.39 is 11.9 Å². The molecule has 0 saturated carbocycles. The molecule has 2 heterocycles. The lowest BCUT2D eigenvalue weighted by atomic mass is 10.2. The lowest BCUT2D eigenvalue weighted by Gasteiger charge is -2.12. The molecule has 0 fully saturated rings. The zero-order chi connectivity index (χ0) is 19.0. The number of aromatic hydroxyl groups is 1. The molecule has 136 valence electrons. The van der Waals surface area contributed by atoms with Crippen molar-refractivity contribution in [3.05, 3.63) is 60.4 Å². The van der Waals surface area contributed by atoms with E-state index in [0.29, 0.717) is 5.69 Å². The van der Waals surface area contributed by atoms with Crippen LogP contribution in [-0.4, -0.2) is 25.3 Å². The van der Waals surface area contributed by atoms with Gasteiger partial charge in [0.05, 0.1) is 11.7 Å². The van der Waals surface area contributed by atoms with E-state index in [1.54, 1.807) is 24.4 Å². The number of nitrogens with one attached hydrogen (secondary N) is 2. The molecular formula is C18H12F3N5O. The molecule has 4 rings (SSSR count). The smallest absolute Gasteiger partial charge is 0.433 e. The fourth-order valence-electron chi connectivity index (χ4n) is 2.60. The number of anilines is 2. The third-order valence-corrected chi connectivity index (χ3v) is 3.83. The molecule has 0 radical (unpaired) electrons. The van der Waals surface area contributed by atoms with Crippen LogP contribution < -0.4 is 5.32 Å². The number of hydrogen-bond acceptors (Lipinski definition) is 5. The first-order chi connectivity index (χ1) is 12.9. The molecule has 4 aromatic rings. The Morgan fingerprint density at radius 3 is 2.63 bits per heavy atom. The van der Waals surface area contributed by atoms with Crippen molar-refractivity contribution < 1.29 is 18.3 Å². The summed E-state index contributed by atoms with van der Waals surface area (Å²) in [5, 5.41) is 20.0. The van der Waals surface area contributed by atoms with Crippen molar-refractivity contribution in [1.29, 1.82) is 0 Å². The number of benzene rings is 2. The van der Waals surface area contributed by atoms with Gasteiger partial charge in [0.25, 0.3) is 0 Å². The molecule has 0 aliphatic carbocycles. The van der Waals surface area contributed by atoms with Crippen LogP contribution in [0.15, 0.2) is 54.7 Å². The number of alkyl halides is 3. The van der Waals surface area contributed by atoms with E-state index in [1.165, 1.54) is 24.3 Å². The highest BCUT2D eigenvalue weighted by Crippen LogP contribution is 2.32. The number of nitrogens with zero attached hydrogens (tertiary/aromatic N) is 3. The summed E-state index contributed by atoms with van der Waals surface area (Å²) in [7, 11) is 0. The van der Waals surface area contributed by atoms with E-state index in [4.69, 9.17) is 0 Å². The molecule has 6 nitrogen and oxygen atoms in total. The molecule has 9 heteroatoms. The number of phenolic OH excluding ortho intramolecular Hbond substituents is 1. The van der Waals surface area contributed by atoms with Crippen molar-refractivity contribution >= 4 is 22.4 Å². The molecule has 0 saturated heterocycles. The van der Waals surface area contributed by atoms with E-state index in [9.17, 15) is 18.3 Å². The number of aromatic amines is 1. The monoisotopic (exact) mass is 371 g/mol. The lowest BCUT2D eigenvalue weighted by Crippen LogP contribution is -2.11. The zero-order valence-electron chi connectivity index (χ0n) is 13.6. The molecule has 3 N–H and O–H groups in total. The Bertz CT molecular complexity index is 1120. The average Bonchev–Trinajstić information content (AvgIpc) is 3.08. The number of halogens is 3. The van der Waals surface area contributed by atoms with E-state index >= 15 is 0 Å². The molecule has 0 atom stereocenters. The second-order valence-electron chi connectivity index (χ2n) is 5.81. The van der Waals surface area contributed by atoms with Crippen molar-refractivity contribution in [2.75, 3.05) is 5.32 Å². The highest BCUT2D eigenvalue weighted by molar-refractivity contribution is 5.82. The summed E-state index contributed by atoms with van der Waals surface area (Å²) in [5.74, 6) is -0.250. The van der Waals surface area contributed by atoms with Crippen LogP contribution in [0.25, 0.3) is 22.3 Å². The van der Waals surface area contributed by atoms with Gasteiger partial charge < -0.3 is 10.4 Å². The van der Waals surface area contributed by atoms with E-state index in [2.05, 4.69) is 25.5 Å². The molecule has 0 aliphatic rings. The second-order valence-corrected chi connectivity index (χ2v) is 5.81. The minimum atomic E-state index is -4.64. The van der Waals surface area contributed by atoms with Gasteiger partial charge in [0, 0.05) is 22.7 Å². The Labute approximate surface area is 150 Å². The molecule has 0 bridgehead atoms. The van der Waals surface area contributed by atoms with Gasteiger partial charge in [-0.2, -0.15) is 18.3 Å². The Morgan fingerprint density at radius 1 is 1.00 bits per heavy atom. The van der Waals surface area contributed by atoms with Gasteiger partial charge in [-0.05, 0) is 30.3 Å². The van der Waals surface area contributed by atoms with Gasteiger partial charge in [-0.25, -0.2) is 9.97 Å². The number of fused-ring (bicyclic) bond motifs is 1. The van der Waals surface area contributed by atoms with E-state index in [-0.39, 0.29) is 23.0 Å². The summed E-state index contributed by atoms with van der Waals surface area (Å²) in [6.45, 7) is 0. The maximum atomic E-state index is 13.3. The van der Waals surface area contributed by atoms with Crippen molar-refractivity contribution in [1.82, 2.24) is 20.2 Å². The number of hydrogen-bond donors (Lipinski definition) is 3. The van der Waals surface area contributed by atoms with Gasteiger partial charge in [0.2, 0.25) is 0 Å². The number of rotatable bonds is 3. The predicted molar refractivity (Wildman–Crippen MR) is 93.5 cm³/mol. The summed E-state index contributed by atoms with van der Waals surface area (Å²) in [5.41, 5.74) is 0.550. The molecule has 0 unspecified atom stereocenters. The first kappa shape index (κ1) is 16.8. The number of phenols is 1. The topological polar surface area (TPSA) is 86.7 Å². The summed E-state index contributed by atoms with van der Waals surface area (Å²) in [4.78, 5) is 7.76. The third kappa shape index (κ3) is 3.52. The minimum Gasteiger partial charge on any atom is -0.508 e. The maximum absolute atomic E-state index is 13.3. The normalized spacial score (nSPS) is 11.7. The van der Waals surface area contributed by atoms with E-state index in [0.717, 1.165) is 17.0 Å². The van der Waals surface area contributed by atoms with Crippen molar-refractivity contribution in [2.45, 2.75) is 6.18 Å². The lowest BCUT2D eigenvalue weighted by molar-refractivity contribution is -0.141. The van der Waals surface area contributed by atoms with Gasteiger partial charge in [0.15, 0.2) is 11.5 Å². The summed E-state index contributed by atoms with van der Waals surface area (Å²) < 4.78 is 39.8. The van der Waals surface area contributed by atoms with Crippen LogP contribution in [-0.2, 0) is 6.18 Å². The summed E-state index contributed by atoms with van der Waals surface area (Å²) >= 11 is 0. The molecule has 0 amide bonds. The maximum Gasteiger partial charge on any atom is 0.433 e. The summed E-state index contributed by atoms with van der Waals surface area (Å²) in [6, 6.07) is 11.8. The van der Waals surface area contributed by atoms with Crippen molar-refractivity contribution in [2.24, 2.45) is 0 Å². The largest absolute Gasteiger partial charge is 0.508 e. The highest BCUT2D eigenvalue weighted by Gasteiger charge is 2.34. The Balaban J connectivity index is 1.77. The average molecular weight is 371 g/mol. The van der Waals surface area contributed by atoms with Crippen LogP contribution in [0, 0.1) is 0 Å². The highest BCUT2D eigenvalue weighted by atomic mass is 19.4. The third-order valence-electron chi connectivity index (χ3n) is 3.83. The SMILES string of the molecule is Oc1cccc(-c2nc(Nc3ccc4[nH]ncc4c3)cc(C(F)(F)F)n2)c1. The first-order valence-electron chi connectivity index (χ1n) is 7.84. The fourth-order valence-corrected chi connectivity index (χ4v) is 2.60. The summed E-state index contributed by atoms with van der Waals surface area (Å²) in [6.07, 6.45) is -3.03. The second kappa shape index (κ2) is 6.27. The van der Waals surface area contributed by atoms with Gasteiger partial charge in [-0.15, -0.1) is 0 Å². The zero-order valence-corrected chi connectivity index (χ0v) is 13.6. The fraction of sp³-hybridized carbons (Fsp3) is 0.0556. The van der Waals surface area contributed by atoms with Crippen LogP contribution in [0.3, 0.4) is 0 Å². The van der Waals surface area contributed by atoms with Crippen LogP contribution in [0.1, 0.15) is 5.69 Å². The van der Waals surface area contributed by atoms with Gasteiger partial charge >= 0.3 is 6.18 Å².